The van der Waals surface area contributed by atoms with Gasteiger partial charge in [0.05, 0.1) is 11.8 Å². The first-order chi connectivity index (χ1) is 21.1. The van der Waals surface area contributed by atoms with Crippen molar-refractivity contribution in [2.45, 2.75) is 119 Å². The molecular weight excluding hydrogens is 559 g/mol. The molecule has 4 saturated carbocycles. The number of piperazine rings is 1. The van der Waals surface area contributed by atoms with E-state index in [2.05, 4.69) is 64.3 Å². The van der Waals surface area contributed by atoms with Crippen LogP contribution in [0.4, 0.5) is 10.1 Å². The zero-order valence-electron chi connectivity index (χ0n) is 29.2. The smallest absolute Gasteiger partial charge is 0.228 e. The van der Waals surface area contributed by atoms with Crippen LogP contribution in [0.25, 0.3) is 0 Å². The number of benzene rings is 1. The maximum Gasteiger partial charge on any atom is 0.228 e. The molecule has 5 aliphatic carbocycles. The van der Waals surface area contributed by atoms with Gasteiger partial charge in [0.15, 0.2) is 0 Å². The lowest BCUT2D eigenvalue weighted by Gasteiger charge is -2.71. The largest absolute Gasteiger partial charge is 0.393 e. The second-order valence-corrected chi connectivity index (χ2v) is 18.4. The molecule has 1 saturated heterocycles. The van der Waals surface area contributed by atoms with Crippen molar-refractivity contribution in [3.63, 3.8) is 0 Å². The molecule has 7 rings (SSSR count). The van der Waals surface area contributed by atoms with E-state index in [0.717, 1.165) is 38.5 Å². The quantitative estimate of drug-likeness (QED) is 0.338. The van der Waals surface area contributed by atoms with Crippen LogP contribution in [0.3, 0.4) is 0 Å². The average Bonchev–Trinajstić information content (AvgIpc) is 3.00. The van der Waals surface area contributed by atoms with Crippen LogP contribution < -0.4 is 4.90 Å². The van der Waals surface area contributed by atoms with E-state index in [0.29, 0.717) is 55.5 Å². The summed E-state index contributed by atoms with van der Waals surface area (Å²) < 4.78 is 14.5. The Morgan fingerprint density at radius 2 is 1.53 bits per heavy atom. The first-order valence-corrected chi connectivity index (χ1v) is 18.3. The third kappa shape index (κ3) is 4.40. The number of carbonyl (C=O) groups is 1. The van der Waals surface area contributed by atoms with E-state index in [4.69, 9.17) is 0 Å². The number of aliphatic hydroxyl groups is 1. The minimum atomic E-state index is -0.353. The maximum atomic E-state index is 14.5. The highest BCUT2D eigenvalue weighted by Gasteiger charge is 2.68. The summed E-state index contributed by atoms with van der Waals surface area (Å²) in [6, 6.07) is 7.01. The number of fused-ring (bicyclic) bond motifs is 7. The van der Waals surface area contributed by atoms with E-state index in [1.165, 1.54) is 31.7 Å². The van der Waals surface area contributed by atoms with E-state index in [9.17, 15) is 14.3 Å². The van der Waals surface area contributed by atoms with Gasteiger partial charge >= 0.3 is 0 Å². The Labute approximate surface area is 272 Å². The highest BCUT2D eigenvalue weighted by molar-refractivity contribution is 5.83. The number of aliphatic hydroxyl groups excluding tert-OH is 1. The molecule has 248 valence electrons. The maximum absolute atomic E-state index is 14.5. The Balaban J connectivity index is 1.14. The van der Waals surface area contributed by atoms with E-state index in [-0.39, 0.29) is 44.4 Å². The number of hydrogen-bond acceptors (Lipinski definition) is 3. The lowest BCUT2D eigenvalue weighted by Crippen LogP contribution is -2.64. The second kappa shape index (κ2) is 10.3. The fourth-order valence-corrected chi connectivity index (χ4v) is 12.8. The van der Waals surface area contributed by atoms with Gasteiger partial charge in [0, 0.05) is 31.6 Å². The fourth-order valence-electron chi connectivity index (χ4n) is 12.8. The third-order valence-corrected chi connectivity index (χ3v) is 16.1. The molecule has 1 aromatic carbocycles. The molecule has 6 aliphatic rings. The molecule has 0 radical (unpaired) electrons. The highest BCUT2D eigenvalue weighted by atomic mass is 19.1. The average molecular weight is 619 g/mol. The van der Waals surface area contributed by atoms with Gasteiger partial charge in [-0.05, 0) is 121 Å². The van der Waals surface area contributed by atoms with Gasteiger partial charge in [0.2, 0.25) is 5.91 Å². The summed E-state index contributed by atoms with van der Waals surface area (Å²) in [7, 11) is 0. The van der Waals surface area contributed by atoms with Crippen LogP contribution in [0, 0.1) is 56.1 Å². The number of hydrogen-bond donors (Lipinski definition) is 1. The molecular formula is C40H59FN2O2. The number of nitrogens with zero attached hydrogens (tertiary/aromatic N) is 2. The molecule has 0 aromatic heterocycles. The van der Waals surface area contributed by atoms with Crippen LogP contribution in [0.2, 0.25) is 0 Å². The van der Waals surface area contributed by atoms with E-state index >= 15 is 0 Å². The van der Waals surface area contributed by atoms with Gasteiger partial charge in [-0.1, -0.05) is 72.2 Å². The number of allylic oxidation sites excluding steroid dienone is 2. The van der Waals surface area contributed by atoms with Crippen molar-refractivity contribution in [2.24, 2.45) is 50.2 Å². The Bertz CT molecular complexity index is 1380. The number of carbonyl (C=O) groups excluding carboxylic acids is 1. The Morgan fingerprint density at radius 1 is 0.844 bits per heavy atom. The summed E-state index contributed by atoms with van der Waals surface area (Å²) in [6.45, 7) is 20.0. The van der Waals surface area contributed by atoms with E-state index in [1.807, 2.05) is 12.1 Å². The second-order valence-electron chi connectivity index (χ2n) is 18.4. The molecule has 0 spiro atoms. The first kappa shape index (κ1) is 31.7. The molecule has 5 heteroatoms. The normalized spacial score (nSPS) is 45.8. The summed E-state index contributed by atoms with van der Waals surface area (Å²) in [6.07, 6.45) is 13.7. The predicted molar refractivity (Wildman–Crippen MR) is 180 cm³/mol. The molecule has 4 nitrogen and oxygen atoms in total. The van der Waals surface area contributed by atoms with Crippen LogP contribution in [0.15, 0.2) is 35.9 Å². The van der Waals surface area contributed by atoms with Gasteiger partial charge in [0.1, 0.15) is 5.82 Å². The van der Waals surface area contributed by atoms with Crippen LogP contribution in [-0.2, 0) is 4.79 Å². The number of para-hydroxylation sites is 1. The predicted octanol–water partition coefficient (Wildman–Crippen LogP) is 8.64. The number of anilines is 1. The van der Waals surface area contributed by atoms with Gasteiger partial charge in [-0.25, -0.2) is 4.39 Å². The molecule has 1 amide bonds. The van der Waals surface area contributed by atoms with Gasteiger partial charge in [-0.15, -0.1) is 0 Å². The fraction of sp³-hybridized carbons (Fsp3) is 0.775. The molecule has 9 atom stereocenters. The molecule has 1 aliphatic heterocycles. The molecule has 1 heterocycles. The number of halogens is 1. The molecule has 5 fully saturated rings. The number of rotatable bonds is 2. The Hall–Kier alpha value is -1.88. The monoisotopic (exact) mass is 618 g/mol. The molecule has 0 unspecified atom stereocenters. The minimum absolute atomic E-state index is 0.0311. The zero-order chi connectivity index (χ0) is 32.2. The van der Waals surface area contributed by atoms with Gasteiger partial charge in [-0.3, -0.25) is 4.79 Å². The van der Waals surface area contributed by atoms with Crippen LogP contribution in [-0.4, -0.2) is 48.2 Å². The van der Waals surface area contributed by atoms with Crippen molar-refractivity contribution in [1.29, 1.82) is 0 Å². The van der Waals surface area contributed by atoms with Gasteiger partial charge < -0.3 is 14.9 Å². The van der Waals surface area contributed by atoms with Gasteiger partial charge in [-0.2, -0.15) is 0 Å². The first-order valence-electron chi connectivity index (χ1n) is 18.3. The summed E-state index contributed by atoms with van der Waals surface area (Å²) >= 11 is 0. The zero-order valence-corrected chi connectivity index (χ0v) is 29.2. The molecule has 1 aromatic rings. The summed E-state index contributed by atoms with van der Waals surface area (Å²) in [5, 5.41) is 11.1. The van der Waals surface area contributed by atoms with Crippen LogP contribution in [0.5, 0.6) is 0 Å². The lowest BCUT2D eigenvalue weighted by atomic mass is 9.33. The van der Waals surface area contributed by atoms with Crippen molar-refractivity contribution in [3.05, 3.63) is 41.7 Å². The summed E-state index contributed by atoms with van der Waals surface area (Å²) in [4.78, 5) is 18.6. The lowest BCUT2D eigenvalue weighted by molar-refractivity contribution is -0.203. The summed E-state index contributed by atoms with van der Waals surface area (Å²) in [5.41, 5.74) is 2.86. The minimum Gasteiger partial charge on any atom is -0.393 e. The standard InChI is InChI=1S/C40H59FN2O2/c1-35(2)31-14-17-40(7)32(38(31,5)16-15-33(35)44)13-12-27-28-26-37(4,19-18-36(28,3)20-21-39(27,40)6)34(45)43-24-22-42(23-25-43)30-11-9-8-10-29(30)41/h8-12,28,31-33,44H,13-26H2,1-7H3/t28-,31-,32+,33-,36+,37-,38-,39+,40+/m0/s1. The van der Waals surface area contributed by atoms with Crippen molar-refractivity contribution in [2.75, 3.05) is 31.1 Å². The van der Waals surface area contributed by atoms with E-state index < -0.39 is 0 Å². The topological polar surface area (TPSA) is 43.8 Å². The van der Waals surface area contributed by atoms with Crippen LogP contribution in [0.1, 0.15) is 113 Å². The Kier molecular flexibility index (Phi) is 7.26. The Morgan fingerprint density at radius 3 is 2.24 bits per heavy atom. The van der Waals surface area contributed by atoms with Crippen molar-refractivity contribution in [3.8, 4) is 0 Å². The molecule has 1 N–H and O–H groups in total. The number of amides is 1. The third-order valence-electron chi connectivity index (χ3n) is 16.1. The van der Waals surface area contributed by atoms with Gasteiger partial charge in [0.25, 0.3) is 0 Å². The van der Waals surface area contributed by atoms with Crippen molar-refractivity contribution < 1.29 is 14.3 Å². The van der Waals surface area contributed by atoms with Crippen LogP contribution >= 0.6 is 0 Å². The molecule has 0 bridgehead atoms. The summed E-state index contributed by atoms with van der Waals surface area (Å²) in [5.74, 6) is 1.79. The van der Waals surface area contributed by atoms with Crippen molar-refractivity contribution >= 4 is 11.6 Å². The SMILES string of the molecule is CC1(C)[C@@H](O)CC[C@]2(C)[C@H]3CC=C4[C@@H]5C[C@@](C)(C(=O)N6CCN(c7ccccc7F)CC6)CC[C@]5(C)CC[C@@]4(C)[C@]3(C)CC[C@@H]12. The van der Waals surface area contributed by atoms with Crippen molar-refractivity contribution in [1.82, 2.24) is 4.90 Å². The van der Waals surface area contributed by atoms with E-state index in [1.54, 1.807) is 11.6 Å². The molecule has 45 heavy (non-hydrogen) atoms. The highest BCUT2D eigenvalue weighted by Crippen LogP contribution is 2.75.